The second-order valence-corrected chi connectivity index (χ2v) is 3.50. The molecule has 0 atom stereocenters. The minimum atomic E-state index is -1.06. The summed E-state index contributed by atoms with van der Waals surface area (Å²) < 4.78 is 0. The van der Waals surface area contributed by atoms with Crippen molar-refractivity contribution in [2.45, 2.75) is 0 Å². The molecule has 0 aliphatic heterocycles. The average molecular weight is 263 g/mol. The lowest BCUT2D eigenvalue weighted by molar-refractivity contribution is -0.131. The van der Waals surface area contributed by atoms with Crippen LogP contribution in [0, 0.1) is 0 Å². The second kappa shape index (κ2) is 6.90. The predicted octanol–water partition coefficient (Wildman–Crippen LogP) is -0.345. The number of hydrogen-bond donors (Lipinski definition) is 3. The van der Waals surface area contributed by atoms with Crippen molar-refractivity contribution in [1.29, 1.82) is 0 Å². The van der Waals surface area contributed by atoms with Crippen molar-refractivity contribution in [3.05, 3.63) is 35.7 Å². The SMILES string of the molecule is CNC(=O)CNC(=O)c1ccc(C=CC(=O)O)cn1. The highest BCUT2D eigenvalue weighted by molar-refractivity contribution is 5.95. The van der Waals surface area contributed by atoms with Crippen LogP contribution in [0.25, 0.3) is 6.08 Å². The zero-order valence-electron chi connectivity index (χ0n) is 10.2. The Balaban J connectivity index is 2.63. The van der Waals surface area contributed by atoms with Gasteiger partial charge in [-0.15, -0.1) is 0 Å². The molecule has 0 bridgehead atoms. The van der Waals surface area contributed by atoms with Crippen LogP contribution in [0.5, 0.6) is 0 Å². The average Bonchev–Trinajstić information content (AvgIpc) is 2.42. The number of carboxylic acid groups (broad SMARTS) is 1. The molecular weight excluding hydrogens is 250 g/mol. The van der Waals surface area contributed by atoms with Crippen LogP contribution in [0.4, 0.5) is 0 Å². The van der Waals surface area contributed by atoms with E-state index in [1.807, 2.05) is 0 Å². The van der Waals surface area contributed by atoms with Crippen LogP contribution < -0.4 is 10.6 Å². The lowest BCUT2D eigenvalue weighted by atomic mass is 10.2. The first kappa shape index (κ1) is 14.4. The summed E-state index contributed by atoms with van der Waals surface area (Å²) in [7, 11) is 1.47. The number of amides is 2. The number of nitrogens with zero attached hydrogens (tertiary/aromatic N) is 1. The molecule has 2 amide bonds. The van der Waals surface area contributed by atoms with Crippen molar-refractivity contribution < 1.29 is 19.5 Å². The van der Waals surface area contributed by atoms with Crippen LogP contribution >= 0.6 is 0 Å². The molecule has 0 aliphatic rings. The molecule has 7 nitrogen and oxygen atoms in total. The normalized spacial score (nSPS) is 10.2. The molecule has 0 aromatic carbocycles. The highest BCUT2D eigenvalue weighted by Gasteiger charge is 2.07. The van der Waals surface area contributed by atoms with E-state index in [1.54, 1.807) is 6.07 Å². The van der Waals surface area contributed by atoms with Gasteiger partial charge in [-0.05, 0) is 17.7 Å². The summed E-state index contributed by atoms with van der Waals surface area (Å²) in [5.74, 6) is -1.85. The highest BCUT2D eigenvalue weighted by atomic mass is 16.4. The lowest BCUT2D eigenvalue weighted by Crippen LogP contribution is -2.35. The Morgan fingerprint density at radius 3 is 2.63 bits per heavy atom. The lowest BCUT2D eigenvalue weighted by Gasteiger charge is -2.03. The molecule has 19 heavy (non-hydrogen) atoms. The van der Waals surface area contributed by atoms with Crippen LogP contribution in [0.3, 0.4) is 0 Å². The zero-order valence-corrected chi connectivity index (χ0v) is 10.2. The van der Waals surface area contributed by atoms with E-state index in [9.17, 15) is 14.4 Å². The summed E-state index contributed by atoms with van der Waals surface area (Å²) in [6.45, 7) is -0.127. The fraction of sp³-hybridized carbons (Fsp3) is 0.167. The van der Waals surface area contributed by atoms with Gasteiger partial charge in [0.05, 0.1) is 6.54 Å². The maximum atomic E-state index is 11.6. The van der Waals surface area contributed by atoms with Gasteiger partial charge in [0.25, 0.3) is 5.91 Å². The number of pyridine rings is 1. The molecule has 1 aromatic heterocycles. The molecule has 0 radical (unpaired) electrons. The first-order chi connectivity index (χ1) is 9.02. The van der Waals surface area contributed by atoms with E-state index >= 15 is 0 Å². The van der Waals surface area contributed by atoms with Gasteiger partial charge in [0.1, 0.15) is 5.69 Å². The molecule has 1 rings (SSSR count). The molecule has 1 aromatic rings. The Labute approximate surface area is 109 Å². The quantitative estimate of drug-likeness (QED) is 0.629. The molecule has 3 N–H and O–H groups in total. The van der Waals surface area contributed by atoms with E-state index in [0.717, 1.165) is 6.08 Å². The monoisotopic (exact) mass is 263 g/mol. The van der Waals surface area contributed by atoms with Crippen LogP contribution in [0.15, 0.2) is 24.4 Å². The molecule has 0 saturated carbocycles. The molecule has 1 heterocycles. The topological polar surface area (TPSA) is 108 Å². The summed E-state index contributed by atoms with van der Waals surface area (Å²) >= 11 is 0. The van der Waals surface area contributed by atoms with Gasteiger partial charge in [0.2, 0.25) is 5.91 Å². The molecule has 0 saturated heterocycles. The third-order valence-electron chi connectivity index (χ3n) is 2.13. The number of likely N-dealkylation sites (N-methyl/N-ethyl adjacent to an activating group) is 1. The Morgan fingerprint density at radius 2 is 2.11 bits per heavy atom. The smallest absolute Gasteiger partial charge is 0.328 e. The van der Waals surface area contributed by atoms with Crippen LogP contribution in [-0.2, 0) is 9.59 Å². The molecule has 0 aliphatic carbocycles. The molecule has 0 fully saturated rings. The van der Waals surface area contributed by atoms with Crippen molar-refractivity contribution in [1.82, 2.24) is 15.6 Å². The summed E-state index contributed by atoms with van der Waals surface area (Å²) in [6, 6.07) is 3.00. The maximum absolute atomic E-state index is 11.6. The standard InChI is InChI=1S/C12H13N3O4/c1-13-10(16)7-15-12(19)9-4-2-8(6-14-9)3-5-11(17)18/h2-6H,7H2,1H3,(H,13,16)(H,15,19)(H,17,18). The number of carbonyl (C=O) groups is 3. The third kappa shape index (κ3) is 4.99. The van der Waals surface area contributed by atoms with E-state index < -0.39 is 11.9 Å². The largest absolute Gasteiger partial charge is 0.478 e. The van der Waals surface area contributed by atoms with E-state index in [4.69, 9.17) is 5.11 Å². The minimum Gasteiger partial charge on any atom is -0.478 e. The van der Waals surface area contributed by atoms with Gasteiger partial charge in [0.15, 0.2) is 0 Å². The number of hydrogen-bond acceptors (Lipinski definition) is 4. The predicted molar refractivity (Wildman–Crippen MR) is 67.3 cm³/mol. The van der Waals surface area contributed by atoms with Gasteiger partial charge in [-0.1, -0.05) is 6.07 Å². The molecule has 7 heteroatoms. The van der Waals surface area contributed by atoms with E-state index in [0.29, 0.717) is 5.56 Å². The van der Waals surface area contributed by atoms with Gasteiger partial charge in [0, 0.05) is 19.3 Å². The molecule has 100 valence electrons. The van der Waals surface area contributed by atoms with Gasteiger partial charge in [-0.3, -0.25) is 14.6 Å². The molecular formula is C12H13N3O4. The number of aromatic nitrogens is 1. The minimum absolute atomic E-state index is 0.127. The van der Waals surface area contributed by atoms with Crippen LogP contribution in [0.2, 0.25) is 0 Å². The first-order valence-electron chi connectivity index (χ1n) is 5.38. The van der Waals surface area contributed by atoms with Gasteiger partial charge >= 0.3 is 5.97 Å². The van der Waals surface area contributed by atoms with Crippen molar-refractivity contribution in [2.75, 3.05) is 13.6 Å². The third-order valence-corrected chi connectivity index (χ3v) is 2.13. The molecule has 0 spiro atoms. The second-order valence-electron chi connectivity index (χ2n) is 3.50. The fourth-order valence-electron chi connectivity index (χ4n) is 1.15. The Kier molecular flexibility index (Phi) is 5.21. The van der Waals surface area contributed by atoms with Gasteiger partial charge < -0.3 is 15.7 Å². The zero-order chi connectivity index (χ0) is 14.3. The van der Waals surface area contributed by atoms with Crippen molar-refractivity contribution in [3.8, 4) is 0 Å². The van der Waals surface area contributed by atoms with E-state index in [1.165, 1.54) is 25.4 Å². The van der Waals surface area contributed by atoms with Gasteiger partial charge in [-0.2, -0.15) is 0 Å². The number of rotatable bonds is 5. The fourth-order valence-corrected chi connectivity index (χ4v) is 1.15. The number of carbonyl (C=O) groups excluding carboxylic acids is 2. The van der Waals surface area contributed by atoms with Crippen molar-refractivity contribution in [2.24, 2.45) is 0 Å². The Bertz CT molecular complexity index is 508. The molecule has 0 unspecified atom stereocenters. The van der Waals surface area contributed by atoms with Crippen molar-refractivity contribution >= 4 is 23.9 Å². The summed E-state index contributed by atoms with van der Waals surface area (Å²) in [5.41, 5.74) is 0.710. The summed E-state index contributed by atoms with van der Waals surface area (Å²) in [5, 5.41) is 13.2. The number of nitrogens with one attached hydrogen (secondary N) is 2. The van der Waals surface area contributed by atoms with E-state index in [-0.39, 0.29) is 18.1 Å². The Morgan fingerprint density at radius 1 is 1.37 bits per heavy atom. The number of aliphatic carboxylic acids is 1. The van der Waals surface area contributed by atoms with Crippen molar-refractivity contribution in [3.63, 3.8) is 0 Å². The van der Waals surface area contributed by atoms with Crippen LogP contribution in [0.1, 0.15) is 16.1 Å². The van der Waals surface area contributed by atoms with Gasteiger partial charge in [-0.25, -0.2) is 4.79 Å². The van der Waals surface area contributed by atoms with E-state index in [2.05, 4.69) is 15.6 Å². The highest BCUT2D eigenvalue weighted by Crippen LogP contribution is 2.02. The number of carboxylic acids is 1. The Hall–Kier alpha value is -2.70. The van der Waals surface area contributed by atoms with Crippen LogP contribution in [-0.4, -0.2) is 41.5 Å². The first-order valence-corrected chi connectivity index (χ1v) is 5.38. The maximum Gasteiger partial charge on any atom is 0.328 e. The summed E-state index contributed by atoms with van der Waals surface area (Å²) in [6.07, 6.45) is 3.71. The summed E-state index contributed by atoms with van der Waals surface area (Å²) in [4.78, 5) is 36.7.